The minimum atomic E-state index is -4.56. The molecule has 0 saturated heterocycles. The van der Waals surface area contributed by atoms with E-state index in [0.29, 0.717) is 0 Å². The molecule has 2 rings (SSSR count). The first-order chi connectivity index (χ1) is 8.41. The molecule has 0 bridgehead atoms. The van der Waals surface area contributed by atoms with Gasteiger partial charge in [0.05, 0.1) is 11.3 Å². The second-order valence-corrected chi connectivity index (χ2v) is 3.37. The van der Waals surface area contributed by atoms with Crippen LogP contribution in [0, 0.1) is 0 Å². The quantitative estimate of drug-likeness (QED) is 0.882. The number of amides is 1. The Kier molecular flexibility index (Phi) is 2.77. The van der Waals surface area contributed by atoms with E-state index in [0.717, 1.165) is 17.1 Å². The maximum atomic E-state index is 12.8. The first kappa shape index (κ1) is 12.1. The summed E-state index contributed by atoms with van der Waals surface area (Å²) < 4.78 is 39.2. The Bertz CT molecular complexity index is 591. The third kappa shape index (κ3) is 2.04. The van der Waals surface area contributed by atoms with Crippen molar-refractivity contribution < 1.29 is 18.0 Å². The molecule has 1 aromatic carbocycles. The molecule has 1 aromatic heterocycles. The monoisotopic (exact) mass is 256 g/mol. The van der Waals surface area contributed by atoms with Crippen molar-refractivity contribution in [3.05, 3.63) is 42.0 Å². The minimum Gasteiger partial charge on any atom is -0.363 e. The zero-order valence-electron chi connectivity index (χ0n) is 8.85. The Hall–Kier alpha value is -2.38. The topological polar surface area (TPSA) is 73.8 Å². The van der Waals surface area contributed by atoms with E-state index in [4.69, 9.17) is 5.73 Å². The fraction of sp³-hybridized carbons (Fsp3) is 0.100. The summed E-state index contributed by atoms with van der Waals surface area (Å²) in [4.78, 5) is 14.6. The first-order valence-corrected chi connectivity index (χ1v) is 4.77. The van der Waals surface area contributed by atoms with E-state index >= 15 is 0 Å². The number of nitrogens with zero attached hydrogens (tertiary/aromatic N) is 3. The van der Waals surface area contributed by atoms with Crippen molar-refractivity contribution in [1.82, 2.24) is 14.8 Å². The number of hydrogen-bond donors (Lipinski definition) is 1. The van der Waals surface area contributed by atoms with E-state index in [1.807, 2.05) is 0 Å². The van der Waals surface area contributed by atoms with Gasteiger partial charge in [0.2, 0.25) is 5.82 Å². The molecule has 2 N–H and O–H groups in total. The van der Waals surface area contributed by atoms with Crippen molar-refractivity contribution in [2.24, 2.45) is 5.73 Å². The second-order valence-electron chi connectivity index (χ2n) is 3.37. The standard InChI is InChI=1S/C10H7F3N4O/c11-10(12,13)6-3-1-2-4-7(6)17-9(8(14)18)15-5-16-17/h1-5H,(H2,14,18). The van der Waals surface area contributed by atoms with E-state index in [2.05, 4.69) is 10.1 Å². The van der Waals surface area contributed by atoms with E-state index < -0.39 is 17.6 Å². The molecule has 0 atom stereocenters. The highest BCUT2D eigenvalue weighted by atomic mass is 19.4. The molecule has 18 heavy (non-hydrogen) atoms. The smallest absolute Gasteiger partial charge is 0.363 e. The van der Waals surface area contributed by atoms with Crippen LogP contribution in [0.3, 0.4) is 0 Å². The predicted octanol–water partition coefficient (Wildman–Crippen LogP) is 1.38. The van der Waals surface area contributed by atoms with Crippen LogP contribution in [-0.4, -0.2) is 20.7 Å². The van der Waals surface area contributed by atoms with E-state index in [9.17, 15) is 18.0 Å². The van der Waals surface area contributed by atoms with Gasteiger partial charge in [-0.3, -0.25) is 4.79 Å². The van der Waals surface area contributed by atoms with Crippen molar-refractivity contribution in [3.8, 4) is 5.69 Å². The van der Waals surface area contributed by atoms with Crippen LogP contribution in [0.2, 0.25) is 0 Å². The van der Waals surface area contributed by atoms with Gasteiger partial charge in [-0.2, -0.15) is 18.3 Å². The van der Waals surface area contributed by atoms with Gasteiger partial charge in [0, 0.05) is 0 Å². The zero-order valence-corrected chi connectivity index (χ0v) is 8.85. The summed E-state index contributed by atoms with van der Waals surface area (Å²) in [6, 6.07) is 4.72. The lowest BCUT2D eigenvalue weighted by Crippen LogP contribution is -2.20. The van der Waals surface area contributed by atoms with Crippen molar-refractivity contribution in [2.45, 2.75) is 6.18 Å². The SMILES string of the molecule is NC(=O)c1ncnn1-c1ccccc1C(F)(F)F. The van der Waals surface area contributed by atoms with Crippen LogP contribution in [0.1, 0.15) is 16.2 Å². The van der Waals surface area contributed by atoms with Gasteiger partial charge >= 0.3 is 6.18 Å². The van der Waals surface area contributed by atoms with Crippen molar-refractivity contribution in [2.75, 3.05) is 0 Å². The fourth-order valence-corrected chi connectivity index (χ4v) is 1.48. The van der Waals surface area contributed by atoms with Gasteiger partial charge in [-0.05, 0) is 12.1 Å². The van der Waals surface area contributed by atoms with Crippen LogP contribution in [0.15, 0.2) is 30.6 Å². The third-order valence-corrected chi connectivity index (χ3v) is 2.21. The number of rotatable bonds is 2. The number of alkyl halides is 3. The van der Waals surface area contributed by atoms with Gasteiger partial charge in [-0.15, -0.1) is 0 Å². The number of benzene rings is 1. The highest BCUT2D eigenvalue weighted by Crippen LogP contribution is 2.33. The molecular formula is C10H7F3N4O. The Labute approximate surface area is 99.0 Å². The molecular weight excluding hydrogens is 249 g/mol. The van der Waals surface area contributed by atoms with Crippen LogP contribution >= 0.6 is 0 Å². The largest absolute Gasteiger partial charge is 0.418 e. The van der Waals surface area contributed by atoms with Crippen LogP contribution < -0.4 is 5.73 Å². The van der Waals surface area contributed by atoms with Crippen LogP contribution in [-0.2, 0) is 6.18 Å². The molecule has 0 fully saturated rings. The maximum Gasteiger partial charge on any atom is 0.418 e. The number of hydrogen-bond acceptors (Lipinski definition) is 3. The number of primary amides is 1. The summed E-state index contributed by atoms with van der Waals surface area (Å²) in [6.45, 7) is 0. The van der Waals surface area contributed by atoms with E-state index in [1.165, 1.54) is 18.2 Å². The first-order valence-electron chi connectivity index (χ1n) is 4.77. The fourth-order valence-electron chi connectivity index (χ4n) is 1.48. The molecule has 5 nitrogen and oxygen atoms in total. The Morgan fingerprint density at radius 2 is 1.94 bits per heavy atom. The Morgan fingerprint density at radius 1 is 1.28 bits per heavy atom. The number of para-hydroxylation sites is 1. The van der Waals surface area contributed by atoms with Crippen molar-refractivity contribution in [3.63, 3.8) is 0 Å². The molecule has 0 aliphatic rings. The van der Waals surface area contributed by atoms with Gasteiger partial charge in [0.25, 0.3) is 5.91 Å². The minimum absolute atomic E-state index is 0.295. The molecule has 0 saturated carbocycles. The summed E-state index contributed by atoms with van der Waals surface area (Å²) >= 11 is 0. The molecule has 1 amide bonds. The molecule has 2 aromatic rings. The Morgan fingerprint density at radius 3 is 2.56 bits per heavy atom. The molecule has 94 valence electrons. The van der Waals surface area contributed by atoms with Gasteiger partial charge in [0.15, 0.2) is 0 Å². The van der Waals surface area contributed by atoms with Crippen molar-refractivity contribution in [1.29, 1.82) is 0 Å². The number of carbonyl (C=O) groups excluding carboxylic acids is 1. The molecule has 0 radical (unpaired) electrons. The lowest BCUT2D eigenvalue weighted by molar-refractivity contribution is -0.137. The van der Waals surface area contributed by atoms with Gasteiger partial charge in [-0.25, -0.2) is 9.67 Å². The van der Waals surface area contributed by atoms with Crippen molar-refractivity contribution >= 4 is 5.91 Å². The molecule has 0 unspecified atom stereocenters. The molecule has 0 aliphatic heterocycles. The Balaban J connectivity index is 2.65. The van der Waals surface area contributed by atoms with Gasteiger partial charge in [0.1, 0.15) is 6.33 Å². The van der Waals surface area contributed by atoms with Gasteiger partial charge < -0.3 is 5.73 Å². The second kappa shape index (κ2) is 4.13. The van der Waals surface area contributed by atoms with Crippen LogP contribution in [0.5, 0.6) is 0 Å². The predicted molar refractivity (Wildman–Crippen MR) is 54.9 cm³/mol. The number of nitrogens with two attached hydrogens (primary N) is 1. The summed E-state index contributed by atoms with van der Waals surface area (Å²) in [6.07, 6.45) is -3.59. The van der Waals surface area contributed by atoms with E-state index in [1.54, 1.807) is 0 Å². The third-order valence-electron chi connectivity index (χ3n) is 2.21. The highest BCUT2D eigenvalue weighted by Gasteiger charge is 2.34. The highest BCUT2D eigenvalue weighted by molar-refractivity contribution is 5.89. The van der Waals surface area contributed by atoms with Crippen LogP contribution in [0.25, 0.3) is 5.69 Å². The summed E-state index contributed by atoms with van der Waals surface area (Å²) in [5, 5.41) is 3.59. The number of aromatic nitrogens is 3. The molecule has 0 spiro atoms. The summed E-state index contributed by atoms with van der Waals surface area (Å²) in [5.41, 5.74) is 3.80. The average Bonchev–Trinajstić information content (AvgIpc) is 2.76. The molecule has 0 aliphatic carbocycles. The zero-order chi connectivity index (χ0) is 13.3. The molecule has 1 heterocycles. The lowest BCUT2D eigenvalue weighted by Gasteiger charge is -2.12. The summed E-state index contributed by atoms with van der Waals surface area (Å²) in [5.74, 6) is -1.31. The number of halogens is 3. The van der Waals surface area contributed by atoms with E-state index in [-0.39, 0.29) is 11.5 Å². The summed E-state index contributed by atoms with van der Waals surface area (Å²) in [7, 11) is 0. The maximum absolute atomic E-state index is 12.8. The van der Waals surface area contributed by atoms with Crippen LogP contribution in [0.4, 0.5) is 13.2 Å². The van der Waals surface area contributed by atoms with Gasteiger partial charge in [-0.1, -0.05) is 12.1 Å². The molecule has 8 heteroatoms. The normalized spacial score (nSPS) is 11.5. The number of carbonyl (C=O) groups is 1. The lowest BCUT2D eigenvalue weighted by atomic mass is 10.1. The average molecular weight is 256 g/mol.